The standard InChI is InChI=1S/C19H19N9O/c1-28-12-23-26-17(28)11-22-19(29)14-3-2-4-15(9-14)21-10-16-24-18(27-25-16)13-5-7-20-8-6-13/h2-9,12,21H,10-11H2,1H3,(H,22,29)(H,24,25,27). The first-order chi connectivity index (χ1) is 14.2. The molecule has 0 bridgehead atoms. The minimum Gasteiger partial charge on any atom is -0.378 e. The van der Waals surface area contributed by atoms with E-state index >= 15 is 0 Å². The Hall–Kier alpha value is -4.08. The van der Waals surface area contributed by atoms with E-state index in [1.807, 2.05) is 31.3 Å². The second-order valence-corrected chi connectivity index (χ2v) is 6.32. The molecular weight excluding hydrogens is 370 g/mol. The van der Waals surface area contributed by atoms with Crippen molar-refractivity contribution in [2.75, 3.05) is 5.32 Å². The first-order valence-electron chi connectivity index (χ1n) is 8.96. The van der Waals surface area contributed by atoms with Crippen LogP contribution in [-0.4, -0.2) is 40.8 Å². The maximum atomic E-state index is 12.4. The summed E-state index contributed by atoms with van der Waals surface area (Å²) < 4.78 is 1.76. The smallest absolute Gasteiger partial charge is 0.251 e. The van der Waals surface area contributed by atoms with Crippen molar-refractivity contribution in [3.05, 3.63) is 72.3 Å². The molecule has 0 radical (unpaired) electrons. The van der Waals surface area contributed by atoms with E-state index in [1.165, 1.54) is 0 Å². The number of nitrogens with one attached hydrogen (secondary N) is 3. The number of rotatable bonds is 7. The summed E-state index contributed by atoms with van der Waals surface area (Å²) in [5.41, 5.74) is 2.24. The van der Waals surface area contributed by atoms with Gasteiger partial charge in [-0.1, -0.05) is 6.07 Å². The molecule has 4 rings (SSSR count). The zero-order chi connectivity index (χ0) is 20.1. The molecule has 0 saturated carbocycles. The Morgan fingerprint density at radius 3 is 2.83 bits per heavy atom. The number of carbonyl (C=O) groups is 1. The van der Waals surface area contributed by atoms with Gasteiger partial charge in [0.1, 0.15) is 12.2 Å². The number of nitrogens with zero attached hydrogens (tertiary/aromatic N) is 6. The minimum atomic E-state index is -0.184. The maximum absolute atomic E-state index is 12.4. The van der Waals surface area contributed by atoms with Gasteiger partial charge in [-0.2, -0.15) is 5.10 Å². The molecule has 0 unspecified atom stereocenters. The molecule has 10 nitrogen and oxygen atoms in total. The normalized spacial score (nSPS) is 10.7. The van der Waals surface area contributed by atoms with Crippen LogP contribution in [0.2, 0.25) is 0 Å². The number of anilines is 1. The predicted molar refractivity (Wildman–Crippen MR) is 106 cm³/mol. The zero-order valence-corrected chi connectivity index (χ0v) is 15.7. The van der Waals surface area contributed by atoms with Crippen LogP contribution in [0.25, 0.3) is 11.4 Å². The average Bonchev–Trinajstić information content (AvgIpc) is 3.40. The first-order valence-corrected chi connectivity index (χ1v) is 8.96. The van der Waals surface area contributed by atoms with Gasteiger partial charge in [-0.3, -0.25) is 14.9 Å². The lowest BCUT2D eigenvalue weighted by Gasteiger charge is -2.08. The molecule has 1 amide bonds. The summed E-state index contributed by atoms with van der Waals surface area (Å²) >= 11 is 0. The van der Waals surface area contributed by atoms with Crippen LogP contribution < -0.4 is 10.6 Å². The van der Waals surface area contributed by atoms with Crippen molar-refractivity contribution in [3.63, 3.8) is 0 Å². The van der Waals surface area contributed by atoms with Gasteiger partial charge in [-0.15, -0.1) is 10.2 Å². The van der Waals surface area contributed by atoms with E-state index in [2.05, 4.69) is 41.0 Å². The Kier molecular flexibility index (Phi) is 5.23. The van der Waals surface area contributed by atoms with Crippen molar-refractivity contribution in [2.24, 2.45) is 7.05 Å². The Morgan fingerprint density at radius 1 is 1.17 bits per heavy atom. The van der Waals surface area contributed by atoms with Crippen LogP contribution in [0.1, 0.15) is 22.0 Å². The summed E-state index contributed by atoms with van der Waals surface area (Å²) in [6, 6.07) is 11.0. The number of hydrogen-bond acceptors (Lipinski definition) is 7. The molecule has 3 aromatic heterocycles. The van der Waals surface area contributed by atoms with Crippen LogP contribution in [0.3, 0.4) is 0 Å². The lowest BCUT2D eigenvalue weighted by Crippen LogP contribution is -2.24. The van der Waals surface area contributed by atoms with Crippen LogP contribution in [-0.2, 0) is 20.1 Å². The van der Waals surface area contributed by atoms with E-state index in [9.17, 15) is 4.79 Å². The van der Waals surface area contributed by atoms with Gasteiger partial charge in [0.2, 0.25) is 0 Å². The number of amides is 1. The van der Waals surface area contributed by atoms with Crippen LogP contribution in [0.5, 0.6) is 0 Å². The highest BCUT2D eigenvalue weighted by atomic mass is 16.1. The van der Waals surface area contributed by atoms with Crippen LogP contribution in [0.15, 0.2) is 55.1 Å². The quantitative estimate of drug-likeness (QED) is 0.437. The van der Waals surface area contributed by atoms with Gasteiger partial charge in [-0.25, -0.2) is 4.98 Å². The highest BCUT2D eigenvalue weighted by Gasteiger charge is 2.09. The van der Waals surface area contributed by atoms with Gasteiger partial charge in [0.05, 0.1) is 13.1 Å². The predicted octanol–water partition coefficient (Wildman–Crippen LogP) is 1.54. The van der Waals surface area contributed by atoms with Crippen molar-refractivity contribution in [1.82, 2.24) is 40.2 Å². The summed E-state index contributed by atoms with van der Waals surface area (Å²) in [5, 5.41) is 21.0. The highest BCUT2D eigenvalue weighted by Crippen LogP contribution is 2.14. The summed E-state index contributed by atoms with van der Waals surface area (Å²) in [6.07, 6.45) is 4.99. The third-order valence-electron chi connectivity index (χ3n) is 4.27. The van der Waals surface area contributed by atoms with E-state index in [0.717, 1.165) is 11.3 Å². The van der Waals surface area contributed by atoms with Crippen molar-refractivity contribution >= 4 is 11.6 Å². The number of aromatic nitrogens is 7. The summed E-state index contributed by atoms with van der Waals surface area (Å²) in [5.74, 6) is 1.80. The first kappa shape index (κ1) is 18.3. The van der Waals surface area contributed by atoms with Gasteiger partial charge in [-0.05, 0) is 30.3 Å². The molecule has 0 fully saturated rings. The van der Waals surface area contributed by atoms with Gasteiger partial charge in [0.25, 0.3) is 5.91 Å². The van der Waals surface area contributed by atoms with Gasteiger partial charge in [0.15, 0.2) is 11.6 Å². The average molecular weight is 389 g/mol. The Morgan fingerprint density at radius 2 is 2.03 bits per heavy atom. The second-order valence-electron chi connectivity index (χ2n) is 6.32. The number of H-pyrrole nitrogens is 1. The topological polar surface area (TPSA) is 126 Å². The molecule has 0 atom stereocenters. The third kappa shape index (κ3) is 4.43. The minimum absolute atomic E-state index is 0.184. The lowest BCUT2D eigenvalue weighted by molar-refractivity contribution is 0.0949. The van der Waals surface area contributed by atoms with E-state index in [4.69, 9.17) is 0 Å². The molecule has 0 aliphatic carbocycles. The fraction of sp³-hybridized carbons (Fsp3) is 0.158. The van der Waals surface area contributed by atoms with Crippen LogP contribution in [0, 0.1) is 0 Å². The molecule has 3 heterocycles. The Balaban J connectivity index is 1.36. The second kappa shape index (κ2) is 8.30. The number of aryl methyl sites for hydroxylation is 1. The van der Waals surface area contributed by atoms with Crippen molar-refractivity contribution in [2.45, 2.75) is 13.1 Å². The fourth-order valence-electron chi connectivity index (χ4n) is 2.69. The molecule has 146 valence electrons. The molecule has 0 aliphatic rings. The number of hydrogen-bond donors (Lipinski definition) is 3. The van der Waals surface area contributed by atoms with Gasteiger partial charge >= 0.3 is 0 Å². The van der Waals surface area contributed by atoms with Crippen LogP contribution in [0.4, 0.5) is 5.69 Å². The molecule has 0 spiro atoms. The molecular formula is C19H19N9O. The summed E-state index contributed by atoms with van der Waals surface area (Å²) in [6.45, 7) is 0.755. The lowest BCUT2D eigenvalue weighted by atomic mass is 10.2. The number of pyridine rings is 1. The maximum Gasteiger partial charge on any atom is 0.251 e. The summed E-state index contributed by atoms with van der Waals surface area (Å²) in [4.78, 5) is 20.9. The SMILES string of the molecule is Cn1cnnc1CNC(=O)c1cccc(NCc2nc(-c3ccncc3)n[nH]2)c1. The zero-order valence-electron chi connectivity index (χ0n) is 15.7. The van der Waals surface area contributed by atoms with E-state index in [0.29, 0.717) is 36.1 Å². The number of aromatic amines is 1. The highest BCUT2D eigenvalue weighted by molar-refractivity contribution is 5.95. The van der Waals surface area contributed by atoms with Gasteiger partial charge < -0.3 is 15.2 Å². The monoisotopic (exact) mass is 389 g/mol. The van der Waals surface area contributed by atoms with Crippen molar-refractivity contribution in [1.29, 1.82) is 0 Å². The van der Waals surface area contributed by atoms with Gasteiger partial charge in [0, 0.05) is 36.3 Å². The van der Waals surface area contributed by atoms with Crippen molar-refractivity contribution in [3.8, 4) is 11.4 Å². The summed E-state index contributed by atoms with van der Waals surface area (Å²) in [7, 11) is 1.83. The largest absolute Gasteiger partial charge is 0.378 e. The molecule has 29 heavy (non-hydrogen) atoms. The number of carbonyl (C=O) groups excluding carboxylic acids is 1. The van der Waals surface area contributed by atoms with E-state index in [1.54, 1.807) is 35.4 Å². The fourth-order valence-corrected chi connectivity index (χ4v) is 2.69. The molecule has 3 N–H and O–H groups in total. The number of benzene rings is 1. The molecule has 0 saturated heterocycles. The molecule has 4 aromatic rings. The van der Waals surface area contributed by atoms with Crippen molar-refractivity contribution < 1.29 is 4.79 Å². The van der Waals surface area contributed by atoms with E-state index in [-0.39, 0.29) is 5.91 Å². The third-order valence-corrected chi connectivity index (χ3v) is 4.27. The Labute approximate surface area is 166 Å². The van der Waals surface area contributed by atoms with Crippen LogP contribution >= 0.6 is 0 Å². The molecule has 0 aliphatic heterocycles. The Bertz CT molecular complexity index is 1100. The molecule has 10 heteroatoms. The van der Waals surface area contributed by atoms with E-state index < -0.39 is 0 Å². The molecule has 1 aromatic carbocycles.